The molecular weight excluding hydrogens is 344 g/mol. The number of pyridine rings is 1. The zero-order valence-corrected chi connectivity index (χ0v) is 16.0. The van der Waals surface area contributed by atoms with Gasteiger partial charge in [0, 0.05) is 31.4 Å². The van der Waals surface area contributed by atoms with E-state index in [0.717, 1.165) is 43.9 Å². The van der Waals surface area contributed by atoms with Crippen molar-refractivity contribution in [1.82, 2.24) is 9.88 Å². The molecule has 1 saturated heterocycles. The first-order valence-electron chi connectivity index (χ1n) is 10.0. The van der Waals surface area contributed by atoms with Crippen LogP contribution in [0.15, 0.2) is 78.5 Å². The number of fused-ring (bicyclic) bond motifs is 2. The standard InChI is InChI=1S/C25H24N2O/c1-2-9-22-20(7-1)18-28-24-11-4-3-10-23(24)25(22)19-12-15-27(16-13-19)17-21-8-5-6-14-26-21/h1-11,14H,12-13,15-18H2. The van der Waals surface area contributed by atoms with Crippen LogP contribution in [0.1, 0.15) is 35.2 Å². The van der Waals surface area contributed by atoms with Gasteiger partial charge in [0.2, 0.25) is 0 Å². The van der Waals surface area contributed by atoms with Gasteiger partial charge in [-0.3, -0.25) is 9.88 Å². The van der Waals surface area contributed by atoms with Crippen LogP contribution in [0.3, 0.4) is 0 Å². The first-order valence-corrected chi connectivity index (χ1v) is 10.0. The highest BCUT2D eigenvalue weighted by Crippen LogP contribution is 2.40. The summed E-state index contributed by atoms with van der Waals surface area (Å²) >= 11 is 0. The summed E-state index contributed by atoms with van der Waals surface area (Å²) in [5.41, 5.74) is 7.93. The third kappa shape index (κ3) is 3.34. The maximum atomic E-state index is 6.14. The zero-order valence-electron chi connectivity index (χ0n) is 16.0. The van der Waals surface area contributed by atoms with Crippen LogP contribution >= 0.6 is 0 Å². The molecule has 3 aromatic rings. The topological polar surface area (TPSA) is 25.4 Å². The predicted octanol–water partition coefficient (Wildman–Crippen LogP) is 5.07. The van der Waals surface area contributed by atoms with Gasteiger partial charge in [0.25, 0.3) is 0 Å². The molecule has 2 aromatic carbocycles. The van der Waals surface area contributed by atoms with Crippen molar-refractivity contribution in [2.24, 2.45) is 0 Å². The van der Waals surface area contributed by atoms with E-state index < -0.39 is 0 Å². The molecule has 28 heavy (non-hydrogen) atoms. The van der Waals surface area contributed by atoms with Crippen LogP contribution in [0.25, 0.3) is 5.57 Å². The molecular formula is C25H24N2O. The summed E-state index contributed by atoms with van der Waals surface area (Å²) in [5.74, 6) is 0.997. The highest BCUT2D eigenvalue weighted by Gasteiger charge is 2.24. The minimum atomic E-state index is 0.635. The molecule has 140 valence electrons. The first kappa shape index (κ1) is 17.2. The van der Waals surface area contributed by atoms with Crippen LogP contribution in [0.5, 0.6) is 5.75 Å². The number of piperidine rings is 1. The number of benzene rings is 2. The molecule has 0 unspecified atom stereocenters. The van der Waals surface area contributed by atoms with Crippen molar-refractivity contribution in [3.8, 4) is 5.75 Å². The average Bonchev–Trinajstić information content (AvgIpc) is 2.92. The number of rotatable bonds is 2. The number of hydrogen-bond donors (Lipinski definition) is 0. The molecule has 1 fully saturated rings. The monoisotopic (exact) mass is 368 g/mol. The van der Waals surface area contributed by atoms with E-state index in [4.69, 9.17) is 4.74 Å². The Bertz CT molecular complexity index is 950. The fourth-order valence-corrected chi connectivity index (χ4v) is 4.32. The van der Waals surface area contributed by atoms with Crippen molar-refractivity contribution in [3.05, 3.63) is 101 Å². The summed E-state index contributed by atoms with van der Waals surface area (Å²) in [4.78, 5) is 6.99. The lowest BCUT2D eigenvalue weighted by atomic mass is 9.86. The normalized spacial score (nSPS) is 16.7. The molecule has 2 aliphatic heterocycles. The van der Waals surface area contributed by atoms with E-state index in [0.29, 0.717) is 6.61 Å². The summed E-state index contributed by atoms with van der Waals surface area (Å²) in [5, 5.41) is 0. The summed E-state index contributed by atoms with van der Waals surface area (Å²) in [6.07, 6.45) is 4.06. The number of aromatic nitrogens is 1. The molecule has 0 aliphatic carbocycles. The molecule has 0 spiro atoms. The summed E-state index contributed by atoms with van der Waals surface area (Å²) in [6, 6.07) is 23.3. The molecule has 0 N–H and O–H groups in total. The summed E-state index contributed by atoms with van der Waals surface area (Å²) in [6.45, 7) is 3.71. The van der Waals surface area contributed by atoms with E-state index >= 15 is 0 Å². The molecule has 1 aromatic heterocycles. The largest absolute Gasteiger partial charge is 0.488 e. The minimum Gasteiger partial charge on any atom is -0.488 e. The summed E-state index contributed by atoms with van der Waals surface area (Å²) < 4.78 is 6.14. The Balaban J connectivity index is 1.48. The van der Waals surface area contributed by atoms with Gasteiger partial charge in [-0.1, -0.05) is 54.1 Å². The average molecular weight is 368 g/mol. The Morgan fingerprint density at radius 1 is 0.821 bits per heavy atom. The van der Waals surface area contributed by atoms with Gasteiger partial charge in [-0.2, -0.15) is 0 Å². The van der Waals surface area contributed by atoms with Crippen molar-refractivity contribution < 1.29 is 4.74 Å². The quantitative estimate of drug-likeness (QED) is 0.631. The fourth-order valence-electron chi connectivity index (χ4n) is 4.32. The molecule has 3 heteroatoms. The number of para-hydroxylation sites is 1. The van der Waals surface area contributed by atoms with Crippen LogP contribution in [-0.4, -0.2) is 23.0 Å². The van der Waals surface area contributed by atoms with Gasteiger partial charge in [-0.05, 0) is 47.7 Å². The van der Waals surface area contributed by atoms with Gasteiger partial charge in [0.05, 0.1) is 5.69 Å². The van der Waals surface area contributed by atoms with E-state index in [1.807, 2.05) is 12.3 Å². The number of hydrogen-bond acceptors (Lipinski definition) is 3. The van der Waals surface area contributed by atoms with E-state index in [9.17, 15) is 0 Å². The Labute approximate surface area is 166 Å². The lowest BCUT2D eigenvalue weighted by Crippen LogP contribution is -2.31. The Morgan fingerprint density at radius 2 is 1.57 bits per heavy atom. The number of likely N-dealkylation sites (tertiary alicyclic amines) is 1. The minimum absolute atomic E-state index is 0.635. The molecule has 3 nitrogen and oxygen atoms in total. The summed E-state index contributed by atoms with van der Waals surface area (Å²) in [7, 11) is 0. The van der Waals surface area contributed by atoms with Gasteiger partial charge in [-0.15, -0.1) is 0 Å². The van der Waals surface area contributed by atoms with Crippen LogP contribution in [0, 0.1) is 0 Å². The lowest BCUT2D eigenvalue weighted by Gasteiger charge is -2.30. The van der Waals surface area contributed by atoms with E-state index in [1.54, 1.807) is 5.57 Å². The van der Waals surface area contributed by atoms with Gasteiger partial charge >= 0.3 is 0 Å². The van der Waals surface area contributed by atoms with Gasteiger partial charge < -0.3 is 4.74 Å². The maximum absolute atomic E-state index is 6.14. The second-order valence-corrected chi connectivity index (χ2v) is 7.52. The first-order chi connectivity index (χ1) is 13.9. The molecule has 0 bridgehead atoms. The molecule has 2 aliphatic rings. The lowest BCUT2D eigenvalue weighted by molar-refractivity contribution is 0.246. The Kier molecular flexibility index (Phi) is 4.67. The highest BCUT2D eigenvalue weighted by atomic mass is 16.5. The second kappa shape index (κ2) is 7.61. The van der Waals surface area contributed by atoms with Crippen LogP contribution in [0.4, 0.5) is 0 Å². The van der Waals surface area contributed by atoms with Gasteiger partial charge in [0.1, 0.15) is 12.4 Å². The van der Waals surface area contributed by atoms with E-state index in [2.05, 4.69) is 70.5 Å². The van der Waals surface area contributed by atoms with E-state index in [-0.39, 0.29) is 0 Å². The van der Waals surface area contributed by atoms with Crippen molar-refractivity contribution in [3.63, 3.8) is 0 Å². The maximum Gasteiger partial charge on any atom is 0.127 e. The van der Waals surface area contributed by atoms with Crippen LogP contribution in [0.2, 0.25) is 0 Å². The van der Waals surface area contributed by atoms with Gasteiger partial charge in [-0.25, -0.2) is 0 Å². The smallest absolute Gasteiger partial charge is 0.127 e. The number of nitrogens with zero attached hydrogens (tertiary/aromatic N) is 2. The second-order valence-electron chi connectivity index (χ2n) is 7.52. The number of ether oxygens (including phenoxy) is 1. The zero-order chi connectivity index (χ0) is 18.8. The third-order valence-electron chi connectivity index (χ3n) is 5.75. The Morgan fingerprint density at radius 3 is 2.39 bits per heavy atom. The Hall–Kier alpha value is -2.91. The molecule has 5 rings (SSSR count). The predicted molar refractivity (Wildman–Crippen MR) is 112 cm³/mol. The van der Waals surface area contributed by atoms with Crippen LogP contribution in [-0.2, 0) is 13.2 Å². The SMILES string of the molecule is c1ccc(CN2CCC(=C3c4ccccc4COc4ccccc43)CC2)nc1. The van der Waals surface area contributed by atoms with Crippen LogP contribution < -0.4 is 4.74 Å². The molecule has 0 saturated carbocycles. The molecule has 0 amide bonds. The molecule has 0 radical (unpaired) electrons. The van der Waals surface area contributed by atoms with Crippen molar-refractivity contribution in [2.45, 2.75) is 26.0 Å². The molecule has 3 heterocycles. The highest BCUT2D eigenvalue weighted by molar-refractivity contribution is 5.87. The third-order valence-corrected chi connectivity index (χ3v) is 5.75. The van der Waals surface area contributed by atoms with Crippen molar-refractivity contribution in [2.75, 3.05) is 13.1 Å². The van der Waals surface area contributed by atoms with E-state index in [1.165, 1.54) is 22.3 Å². The molecule has 0 atom stereocenters. The fraction of sp³-hybridized carbons (Fsp3) is 0.240. The van der Waals surface area contributed by atoms with Gasteiger partial charge in [0.15, 0.2) is 0 Å². The van der Waals surface area contributed by atoms with Crippen molar-refractivity contribution >= 4 is 5.57 Å². The van der Waals surface area contributed by atoms with Crippen molar-refractivity contribution in [1.29, 1.82) is 0 Å².